The highest BCUT2D eigenvalue weighted by molar-refractivity contribution is 5.63. The lowest BCUT2D eigenvalue weighted by molar-refractivity contribution is -0.325. The molecule has 0 N–H and O–H groups in total. The molecule has 0 aromatic heterocycles. The second-order valence-corrected chi connectivity index (χ2v) is 1.92. The molecule has 0 bridgehead atoms. The Balaban J connectivity index is 2.97. The van der Waals surface area contributed by atoms with Crippen molar-refractivity contribution < 1.29 is 36.2 Å². The third-order valence-corrected chi connectivity index (χ3v) is 1.12. The quantitative estimate of drug-likeness (QED) is 0.468. The number of ether oxygens (including phenoxy) is 2. The number of hydrogen-bond donors (Lipinski definition) is 0. The first-order valence-corrected chi connectivity index (χ1v) is 2.56. The molecule has 1 aliphatic rings. The maximum atomic E-state index is 12.4. The van der Waals surface area contributed by atoms with Gasteiger partial charge in [0.2, 0.25) is 0 Å². The van der Waals surface area contributed by atoms with Gasteiger partial charge in [-0.3, -0.25) is 0 Å². The van der Waals surface area contributed by atoms with Crippen LogP contribution in [0.1, 0.15) is 0 Å². The fourth-order valence-electron chi connectivity index (χ4n) is 0.547. The average Bonchev–Trinajstić information content (AvgIpc) is 2.02. The molecule has 3 nitrogen and oxygen atoms in total. The maximum absolute atomic E-state index is 12.4. The monoisotopic (exact) mass is 192 g/mol. The smallest absolute Gasteiger partial charge is 0.381 e. The molecule has 8 heteroatoms. The largest absolute Gasteiger partial charge is 0.516 e. The van der Waals surface area contributed by atoms with Crippen molar-refractivity contribution in [1.29, 1.82) is 0 Å². The molecular weight excluding hydrogens is 191 g/mol. The number of hydrogen-bond acceptors (Lipinski definition) is 3. The molecular formula is C4HF5O3. The Hall–Kier alpha value is -1.08. The van der Waals surface area contributed by atoms with Crippen LogP contribution in [0.2, 0.25) is 0 Å². The summed E-state index contributed by atoms with van der Waals surface area (Å²) in [4.78, 5) is 9.88. The summed E-state index contributed by atoms with van der Waals surface area (Å²) in [7, 11) is 0. The van der Waals surface area contributed by atoms with Crippen molar-refractivity contribution in [3.63, 3.8) is 0 Å². The van der Waals surface area contributed by atoms with Crippen LogP contribution >= 0.6 is 0 Å². The molecule has 0 radical (unpaired) electrons. The standard InChI is InChI=1S/C4HF5O3/c5-1(6)3(7)4(8,9)12-2(10)11-3/h1H. The van der Waals surface area contributed by atoms with E-state index >= 15 is 0 Å². The lowest BCUT2D eigenvalue weighted by Crippen LogP contribution is -2.47. The maximum Gasteiger partial charge on any atom is 0.516 e. The van der Waals surface area contributed by atoms with E-state index in [1.807, 2.05) is 0 Å². The summed E-state index contributed by atoms with van der Waals surface area (Å²) in [6.45, 7) is 0. The van der Waals surface area contributed by atoms with Gasteiger partial charge in [-0.2, -0.15) is 13.2 Å². The molecule has 1 unspecified atom stereocenters. The Morgan fingerprint density at radius 1 is 1.17 bits per heavy atom. The van der Waals surface area contributed by atoms with E-state index < -0.39 is 24.5 Å². The van der Waals surface area contributed by atoms with Crippen molar-refractivity contribution in [3.8, 4) is 0 Å². The number of halogens is 5. The van der Waals surface area contributed by atoms with Crippen LogP contribution in [-0.2, 0) is 9.47 Å². The van der Waals surface area contributed by atoms with Crippen LogP contribution in [0.4, 0.5) is 26.7 Å². The molecule has 12 heavy (non-hydrogen) atoms. The molecule has 1 heterocycles. The Bertz CT molecular complexity index is 217. The Labute approximate surface area is 62.0 Å². The molecule has 1 rings (SSSR count). The molecule has 0 aromatic rings. The van der Waals surface area contributed by atoms with Gasteiger partial charge >= 0.3 is 24.5 Å². The van der Waals surface area contributed by atoms with Gasteiger partial charge in [0.05, 0.1) is 0 Å². The van der Waals surface area contributed by atoms with Gasteiger partial charge in [0.25, 0.3) is 0 Å². The van der Waals surface area contributed by atoms with E-state index in [0.29, 0.717) is 0 Å². The van der Waals surface area contributed by atoms with Crippen LogP contribution in [-0.4, -0.2) is 24.5 Å². The molecule has 1 fully saturated rings. The van der Waals surface area contributed by atoms with E-state index in [9.17, 15) is 26.7 Å². The molecule has 0 aromatic carbocycles. The van der Waals surface area contributed by atoms with Gasteiger partial charge in [0.1, 0.15) is 0 Å². The highest BCUT2D eigenvalue weighted by Crippen LogP contribution is 2.44. The van der Waals surface area contributed by atoms with E-state index in [2.05, 4.69) is 9.47 Å². The van der Waals surface area contributed by atoms with Crippen LogP contribution in [0.25, 0.3) is 0 Å². The van der Waals surface area contributed by atoms with Crippen LogP contribution in [0.15, 0.2) is 0 Å². The van der Waals surface area contributed by atoms with Crippen molar-refractivity contribution in [2.24, 2.45) is 0 Å². The van der Waals surface area contributed by atoms with Gasteiger partial charge < -0.3 is 9.47 Å². The van der Waals surface area contributed by atoms with Crippen molar-refractivity contribution in [3.05, 3.63) is 0 Å². The third kappa shape index (κ3) is 0.978. The fourth-order valence-corrected chi connectivity index (χ4v) is 0.547. The van der Waals surface area contributed by atoms with Crippen molar-refractivity contribution in [2.75, 3.05) is 0 Å². The predicted octanol–water partition coefficient (Wildman–Crippen LogP) is 1.68. The minimum atomic E-state index is -4.95. The second kappa shape index (κ2) is 2.20. The second-order valence-electron chi connectivity index (χ2n) is 1.92. The van der Waals surface area contributed by atoms with Gasteiger partial charge in [-0.25, -0.2) is 13.6 Å². The zero-order chi connectivity index (χ0) is 9.57. The topological polar surface area (TPSA) is 35.5 Å². The summed E-state index contributed by atoms with van der Waals surface area (Å²) in [5.74, 6) is -4.68. The highest BCUT2D eigenvalue weighted by atomic mass is 19.3. The number of rotatable bonds is 1. The minimum Gasteiger partial charge on any atom is -0.381 e. The number of carbonyl (C=O) groups is 1. The van der Waals surface area contributed by atoms with Crippen LogP contribution in [0.5, 0.6) is 0 Å². The predicted molar refractivity (Wildman–Crippen MR) is 22.4 cm³/mol. The van der Waals surface area contributed by atoms with Crippen molar-refractivity contribution in [2.45, 2.75) is 18.4 Å². The molecule has 70 valence electrons. The number of carbonyl (C=O) groups excluding carboxylic acids is 1. The lowest BCUT2D eigenvalue weighted by atomic mass is 10.3. The van der Waals surface area contributed by atoms with Gasteiger partial charge in [-0.05, 0) is 0 Å². The highest BCUT2D eigenvalue weighted by Gasteiger charge is 2.74. The molecule has 0 saturated carbocycles. The summed E-state index contributed by atoms with van der Waals surface area (Å²) >= 11 is 0. The van der Waals surface area contributed by atoms with Crippen LogP contribution < -0.4 is 0 Å². The fraction of sp³-hybridized carbons (Fsp3) is 0.750. The average molecular weight is 192 g/mol. The lowest BCUT2D eigenvalue weighted by Gasteiger charge is -2.19. The first-order valence-electron chi connectivity index (χ1n) is 2.56. The van der Waals surface area contributed by atoms with E-state index in [1.165, 1.54) is 0 Å². The zero-order valence-electron chi connectivity index (χ0n) is 5.19. The zero-order valence-corrected chi connectivity index (χ0v) is 5.19. The molecule has 0 spiro atoms. The Morgan fingerprint density at radius 3 is 1.83 bits per heavy atom. The molecule has 1 aliphatic heterocycles. The minimum absolute atomic E-state index is 2.16. The van der Waals surface area contributed by atoms with Gasteiger partial charge in [0.15, 0.2) is 0 Å². The number of cyclic esters (lactones) is 2. The Morgan fingerprint density at radius 2 is 1.67 bits per heavy atom. The van der Waals surface area contributed by atoms with Crippen molar-refractivity contribution >= 4 is 6.16 Å². The first-order chi connectivity index (χ1) is 5.29. The normalized spacial score (nSPS) is 33.3. The van der Waals surface area contributed by atoms with Gasteiger partial charge in [-0.15, -0.1) is 0 Å². The molecule has 1 atom stereocenters. The van der Waals surface area contributed by atoms with E-state index in [1.54, 1.807) is 0 Å². The molecule has 1 saturated heterocycles. The summed E-state index contributed by atoms with van der Waals surface area (Å²) < 4.78 is 65.6. The summed E-state index contributed by atoms with van der Waals surface area (Å²) in [6.07, 6.45) is -11.3. The Kier molecular flexibility index (Phi) is 1.66. The van der Waals surface area contributed by atoms with E-state index in [4.69, 9.17) is 0 Å². The van der Waals surface area contributed by atoms with E-state index in [0.717, 1.165) is 0 Å². The number of alkyl halides is 5. The van der Waals surface area contributed by atoms with Gasteiger partial charge in [-0.1, -0.05) is 0 Å². The summed E-state index contributed by atoms with van der Waals surface area (Å²) in [6, 6.07) is 0. The van der Waals surface area contributed by atoms with Crippen molar-refractivity contribution in [1.82, 2.24) is 0 Å². The van der Waals surface area contributed by atoms with Gasteiger partial charge in [0, 0.05) is 0 Å². The summed E-state index contributed by atoms with van der Waals surface area (Å²) in [5.41, 5.74) is 0. The van der Waals surface area contributed by atoms with E-state index in [-0.39, 0.29) is 0 Å². The SMILES string of the molecule is O=C1OC(F)(F)C(F)(C(F)F)O1. The van der Waals surface area contributed by atoms with Crippen LogP contribution in [0, 0.1) is 0 Å². The third-order valence-electron chi connectivity index (χ3n) is 1.12. The first kappa shape index (κ1) is 9.01. The summed E-state index contributed by atoms with van der Waals surface area (Å²) in [5, 5.41) is 0. The molecule has 0 aliphatic carbocycles. The molecule has 0 amide bonds. The van der Waals surface area contributed by atoms with Crippen LogP contribution in [0.3, 0.4) is 0 Å².